The Kier molecular flexibility index (Phi) is 3.39. The molecule has 0 aliphatic rings. The van der Waals surface area contributed by atoms with Crippen LogP contribution < -0.4 is 0 Å². The van der Waals surface area contributed by atoms with E-state index < -0.39 is 0 Å². The van der Waals surface area contributed by atoms with Crippen molar-refractivity contribution in [2.75, 3.05) is 0 Å². The van der Waals surface area contributed by atoms with Crippen molar-refractivity contribution >= 4 is 10.9 Å². The standard InChI is InChI=1S/C19H15N/c1-15(11-12-16-7-3-2-4-8-16)13-17-14-20-19-10-6-5-9-18(17)19/h2-10,14,20H,1,13H2. The van der Waals surface area contributed by atoms with Gasteiger partial charge in [0.25, 0.3) is 0 Å². The number of nitrogens with one attached hydrogen (secondary N) is 1. The molecule has 2 aromatic carbocycles. The molecule has 0 radical (unpaired) electrons. The minimum Gasteiger partial charge on any atom is -0.361 e. The second-order valence-electron chi connectivity index (χ2n) is 4.76. The molecule has 1 heterocycles. The van der Waals surface area contributed by atoms with Crippen LogP contribution in [0, 0.1) is 11.8 Å². The summed E-state index contributed by atoms with van der Waals surface area (Å²) in [7, 11) is 0. The van der Waals surface area contributed by atoms with E-state index in [1.54, 1.807) is 0 Å². The molecule has 1 N–H and O–H groups in total. The Morgan fingerprint density at radius 1 is 1.00 bits per heavy atom. The predicted octanol–water partition coefficient (Wildman–Crippen LogP) is 4.32. The van der Waals surface area contributed by atoms with Crippen molar-refractivity contribution in [2.24, 2.45) is 0 Å². The van der Waals surface area contributed by atoms with Gasteiger partial charge in [-0.25, -0.2) is 0 Å². The van der Waals surface area contributed by atoms with Crippen LogP contribution in [0.3, 0.4) is 0 Å². The van der Waals surface area contributed by atoms with E-state index in [1.807, 2.05) is 42.6 Å². The van der Waals surface area contributed by atoms with Crippen molar-refractivity contribution in [1.29, 1.82) is 0 Å². The number of fused-ring (bicyclic) bond motifs is 1. The summed E-state index contributed by atoms with van der Waals surface area (Å²) in [5, 5.41) is 1.25. The Labute approximate surface area is 119 Å². The van der Waals surface area contributed by atoms with Crippen LogP contribution in [0.5, 0.6) is 0 Å². The third-order valence-corrected chi connectivity index (χ3v) is 3.24. The molecule has 0 unspecified atom stereocenters. The number of aromatic nitrogens is 1. The monoisotopic (exact) mass is 257 g/mol. The van der Waals surface area contributed by atoms with Crippen LogP contribution in [0.4, 0.5) is 0 Å². The molecule has 0 fully saturated rings. The van der Waals surface area contributed by atoms with Crippen LogP contribution in [-0.4, -0.2) is 4.98 Å². The summed E-state index contributed by atoms with van der Waals surface area (Å²) < 4.78 is 0. The largest absolute Gasteiger partial charge is 0.361 e. The second kappa shape index (κ2) is 5.50. The molecule has 0 saturated heterocycles. The highest BCUT2D eigenvalue weighted by Crippen LogP contribution is 2.19. The topological polar surface area (TPSA) is 15.8 Å². The lowest BCUT2D eigenvalue weighted by Gasteiger charge is -1.97. The van der Waals surface area contributed by atoms with E-state index in [2.05, 4.69) is 41.6 Å². The van der Waals surface area contributed by atoms with E-state index in [4.69, 9.17) is 0 Å². The maximum absolute atomic E-state index is 4.06. The predicted molar refractivity (Wildman–Crippen MR) is 84.5 cm³/mol. The number of rotatable bonds is 2. The van der Waals surface area contributed by atoms with Crippen LogP contribution in [-0.2, 0) is 6.42 Å². The quantitative estimate of drug-likeness (QED) is 0.658. The Bertz CT molecular complexity index is 798. The van der Waals surface area contributed by atoms with E-state index in [9.17, 15) is 0 Å². The molecule has 0 atom stereocenters. The van der Waals surface area contributed by atoms with Crippen LogP contribution in [0.1, 0.15) is 11.1 Å². The van der Waals surface area contributed by atoms with Crippen LogP contribution >= 0.6 is 0 Å². The molecule has 0 bridgehead atoms. The van der Waals surface area contributed by atoms with Gasteiger partial charge in [-0.2, -0.15) is 0 Å². The Morgan fingerprint density at radius 3 is 2.60 bits per heavy atom. The first-order valence-corrected chi connectivity index (χ1v) is 6.63. The summed E-state index contributed by atoms with van der Waals surface area (Å²) in [6.45, 7) is 4.06. The number of hydrogen-bond donors (Lipinski definition) is 1. The molecular formula is C19H15N. The first kappa shape index (κ1) is 12.3. The highest BCUT2D eigenvalue weighted by Gasteiger charge is 2.03. The molecule has 3 rings (SSSR count). The molecule has 0 aliphatic carbocycles. The Morgan fingerprint density at radius 2 is 1.75 bits per heavy atom. The summed E-state index contributed by atoms with van der Waals surface area (Å²) >= 11 is 0. The first-order valence-electron chi connectivity index (χ1n) is 6.63. The number of aromatic amines is 1. The molecule has 3 aromatic rings. The van der Waals surface area contributed by atoms with Gasteiger partial charge in [-0.1, -0.05) is 54.8 Å². The maximum Gasteiger partial charge on any atom is 0.0456 e. The van der Waals surface area contributed by atoms with Crippen molar-refractivity contribution in [1.82, 2.24) is 4.98 Å². The van der Waals surface area contributed by atoms with Crippen LogP contribution in [0.25, 0.3) is 10.9 Å². The van der Waals surface area contributed by atoms with Crippen molar-refractivity contribution in [3.05, 3.63) is 84.1 Å². The summed E-state index contributed by atoms with van der Waals surface area (Å²) in [4.78, 5) is 3.28. The third-order valence-electron chi connectivity index (χ3n) is 3.24. The fraction of sp³-hybridized carbons (Fsp3) is 0.0526. The average Bonchev–Trinajstić information content (AvgIpc) is 2.90. The van der Waals surface area contributed by atoms with Crippen molar-refractivity contribution < 1.29 is 0 Å². The maximum atomic E-state index is 4.06. The third kappa shape index (κ3) is 2.65. The summed E-state index contributed by atoms with van der Waals surface area (Å²) in [5.41, 5.74) is 4.35. The number of H-pyrrole nitrogens is 1. The van der Waals surface area contributed by atoms with Gasteiger partial charge in [0.05, 0.1) is 0 Å². The zero-order valence-electron chi connectivity index (χ0n) is 11.2. The fourth-order valence-corrected chi connectivity index (χ4v) is 2.23. The Hall–Kier alpha value is -2.72. The van der Waals surface area contributed by atoms with E-state index in [0.29, 0.717) is 0 Å². The van der Waals surface area contributed by atoms with Gasteiger partial charge in [0.2, 0.25) is 0 Å². The number of allylic oxidation sites excluding steroid dienone is 1. The molecule has 1 aromatic heterocycles. The van der Waals surface area contributed by atoms with Gasteiger partial charge < -0.3 is 4.98 Å². The molecule has 1 nitrogen and oxygen atoms in total. The second-order valence-corrected chi connectivity index (χ2v) is 4.76. The minimum absolute atomic E-state index is 0.782. The lowest BCUT2D eigenvalue weighted by molar-refractivity contribution is 1.24. The highest BCUT2D eigenvalue weighted by atomic mass is 14.7. The average molecular weight is 257 g/mol. The van der Waals surface area contributed by atoms with Crippen molar-refractivity contribution in [3.8, 4) is 11.8 Å². The van der Waals surface area contributed by atoms with E-state index in [0.717, 1.165) is 23.1 Å². The molecule has 0 aliphatic heterocycles. The molecule has 20 heavy (non-hydrogen) atoms. The van der Waals surface area contributed by atoms with E-state index in [-0.39, 0.29) is 0 Å². The molecule has 0 amide bonds. The van der Waals surface area contributed by atoms with Gasteiger partial charge in [0.1, 0.15) is 0 Å². The van der Waals surface area contributed by atoms with Gasteiger partial charge in [0, 0.05) is 29.1 Å². The smallest absolute Gasteiger partial charge is 0.0456 e. The highest BCUT2D eigenvalue weighted by molar-refractivity contribution is 5.83. The summed E-state index contributed by atoms with van der Waals surface area (Å²) in [5.74, 6) is 6.29. The lowest BCUT2D eigenvalue weighted by atomic mass is 10.1. The van der Waals surface area contributed by atoms with Gasteiger partial charge in [-0.15, -0.1) is 0 Å². The normalized spacial score (nSPS) is 10.0. The minimum atomic E-state index is 0.782. The van der Waals surface area contributed by atoms with Gasteiger partial charge in [-0.05, 0) is 29.3 Å². The SMILES string of the molecule is C=C(C#Cc1ccccc1)Cc1c[nH]c2ccccc12. The summed E-state index contributed by atoms with van der Waals surface area (Å²) in [6, 6.07) is 18.3. The number of hydrogen-bond acceptors (Lipinski definition) is 0. The van der Waals surface area contributed by atoms with Crippen LogP contribution in [0.2, 0.25) is 0 Å². The zero-order valence-corrected chi connectivity index (χ0v) is 11.2. The molecule has 0 spiro atoms. The first-order chi connectivity index (χ1) is 9.83. The molecule has 96 valence electrons. The molecule has 0 saturated carbocycles. The lowest BCUT2D eigenvalue weighted by Crippen LogP contribution is -1.85. The molecular weight excluding hydrogens is 242 g/mol. The van der Waals surface area contributed by atoms with Crippen molar-refractivity contribution in [3.63, 3.8) is 0 Å². The fourth-order valence-electron chi connectivity index (χ4n) is 2.23. The van der Waals surface area contributed by atoms with Gasteiger partial charge >= 0.3 is 0 Å². The number of para-hydroxylation sites is 1. The molecule has 1 heteroatoms. The Balaban J connectivity index is 1.78. The zero-order chi connectivity index (χ0) is 13.8. The van der Waals surface area contributed by atoms with Gasteiger partial charge in [0.15, 0.2) is 0 Å². The van der Waals surface area contributed by atoms with Crippen LogP contribution in [0.15, 0.2) is 72.9 Å². The number of benzene rings is 2. The van der Waals surface area contributed by atoms with E-state index >= 15 is 0 Å². The van der Waals surface area contributed by atoms with Crippen molar-refractivity contribution in [2.45, 2.75) is 6.42 Å². The summed E-state index contributed by atoms with van der Waals surface area (Å²) in [6.07, 6.45) is 2.82. The van der Waals surface area contributed by atoms with Gasteiger partial charge in [-0.3, -0.25) is 0 Å². The van der Waals surface area contributed by atoms with E-state index in [1.165, 1.54) is 10.9 Å².